The minimum absolute atomic E-state index is 0.272. The van der Waals surface area contributed by atoms with Crippen LogP contribution in [0.1, 0.15) is 5.56 Å². The van der Waals surface area contributed by atoms with E-state index in [0.29, 0.717) is 10.7 Å². The van der Waals surface area contributed by atoms with Crippen LogP contribution in [-0.2, 0) is 0 Å². The number of phenolic OH excluding ortho intramolecular Hbond substituents is 1. The molecule has 0 aromatic heterocycles. The second kappa shape index (κ2) is 5.49. The van der Waals surface area contributed by atoms with E-state index >= 15 is 0 Å². The van der Waals surface area contributed by atoms with Crippen molar-refractivity contribution in [2.24, 2.45) is 4.99 Å². The first-order valence-corrected chi connectivity index (χ1v) is 5.72. The fourth-order valence-corrected chi connectivity index (χ4v) is 1.69. The standard InChI is InChI=1S/C13H9ClN2O3/c14-10-4-2-5-11(7-10)15-8-9-3-1-6-12(13(9)17)16(18)19/h1-8,17H. The summed E-state index contributed by atoms with van der Waals surface area (Å²) >= 11 is 5.81. The summed E-state index contributed by atoms with van der Waals surface area (Å²) in [7, 11) is 0. The summed E-state index contributed by atoms with van der Waals surface area (Å²) < 4.78 is 0. The van der Waals surface area contributed by atoms with Gasteiger partial charge in [0.25, 0.3) is 0 Å². The van der Waals surface area contributed by atoms with Crippen LogP contribution >= 0.6 is 11.6 Å². The SMILES string of the molecule is O=[N+]([O-])c1cccc(C=Nc2cccc(Cl)c2)c1O. The molecule has 2 aromatic rings. The van der Waals surface area contributed by atoms with Gasteiger partial charge in [0.1, 0.15) is 0 Å². The van der Waals surface area contributed by atoms with Gasteiger partial charge in [0.15, 0.2) is 0 Å². The Morgan fingerprint density at radius 1 is 1.26 bits per heavy atom. The van der Waals surface area contributed by atoms with Crippen molar-refractivity contribution in [2.75, 3.05) is 0 Å². The van der Waals surface area contributed by atoms with Crippen LogP contribution in [0.4, 0.5) is 11.4 Å². The third-order valence-corrected chi connectivity index (χ3v) is 2.64. The Hall–Kier alpha value is -2.40. The number of nitro benzene ring substituents is 1. The van der Waals surface area contributed by atoms with Crippen LogP contribution in [0.2, 0.25) is 5.02 Å². The highest BCUT2D eigenvalue weighted by molar-refractivity contribution is 6.30. The van der Waals surface area contributed by atoms with Crippen LogP contribution in [0.3, 0.4) is 0 Å². The summed E-state index contributed by atoms with van der Waals surface area (Å²) in [5, 5.41) is 20.9. The molecule has 0 unspecified atom stereocenters. The second-order valence-corrected chi connectivity index (χ2v) is 4.15. The molecule has 1 N–H and O–H groups in total. The van der Waals surface area contributed by atoms with Crippen molar-refractivity contribution < 1.29 is 10.0 Å². The molecule has 0 amide bonds. The molecule has 0 saturated heterocycles. The number of rotatable bonds is 3. The van der Waals surface area contributed by atoms with Gasteiger partial charge in [-0.15, -0.1) is 0 Å². The van der Waals surface area contributed by atoms with Gasteiger partial charge in [-0.1, -0.05) is 23.7 Å². The molecular formula is C13H9ClN2O3. The molecule has 96 valence electrons. The largest absolute Gasteiger partial charge is 0.502 e. The molecule has 0 heterocycles. The predicted molar refractivity (Wildman–Crippen MR) is 73.5 cm³/mol. The van der Waals surface area contributed by atoms with Gasteiger partial charge in [-0.05, 0) is 24.3 Å². The molecule has 0 aliphatic carbocycles. The summed E-state index contributed by atoms with van der Waals surface area (Å²) in [5.41, 5.74) is 0.516. The minimum Gasteiger partial charge on any atom is -0.502 e. The van der Waals surface area contributed by atoms with E-state index in [1.807, 2.05) is 0 Å². The van der Waals surface area contributed by atoms with Crippen molar-refractivity contribution >= 4 is 29.2 Å². The zero-order chi connectivity index (χ0) is 13.8. The third-order valence-electron chi connectivity index (χ3n) is 2.40. The van der Waals surface area contributed by atoms with E-state index in [0.717, 1.165) is 0 Å². The molecule has 0 atom stereocenters. The van der Waals surface area contributed by atoms with Gasteiger partial charge < -0.3 is 5.11 Å². The quantitative estimate of drug-likeness (QED) is 0.527. The Labute approximate surface area is 113 Å². The highest BCUT2D eigenvalue weighted by atomic mass is 35.5. The first kappa shape index (κ1) is 13.0. The molecule has 0 radical (unpaired) electrons. The van der Waals surface area contributed by atoms with Crippen LogP contribution in [0.5, 0.6) is 5.75 Å². The van der Waals surface area contributed by atoms with Gasteiger partial charge in [0, 0.05) is 22.9 Å². The van der Waals surface area contributed by atoms with Crippen LogP contribution in [0, 0.1) is 10.1 Å². The zero-order valence-electron chi connectivity index (χ0n) is 9.65. The lowest BCUT2D eigenvalue weighted by molar-refractivity contribution is -0.385. The lowest BCUT2D eigenvalue weighted by Gasteiger charge is -1.99. The maximum Gasteiger partial charge on any atom is 0.311 e. The molecule has 0 fully saturated rings. The van der Waals surface area contributed by atoms with Crippen LogP contribution in [-0.4, -0.2) is 16.2 Å². The van der Waals surface area contributed by atoms with Gasteiger partial charge in [0.05, 0.1) is 10.6 Å². The highest BCUT2D eigenvalue weighted by Gasteiger charge is 2.14. The summed E-state index contributed by atoms with van der Waals surface area (Å²) in [6, 6.07) is 11.1. The number of phenols is 1. The van der Waals surface area contributed by atoms with Crippen LogP contribution < -0.4 is 0 Å². The highest BCUT2D eigenvalue weighted by Crippen LogP contribution is 2.28. The third kappa shape index (κ3) is 3.08. The lowest BCUT2D eigenvalue weighted by atomic mass is 10.2. The molecule has 0 saturated carbocycles. The number of aliphatic imine (C=N–C) groups is 1. The van der Waals surface area contributed by atoms with E-state index in [2.05, 4.69) is 4.99 Å². The minimum atomic E-state index is -0.647. The number of nitrogens with zero attached hydrogens (tertiary/aromatic N) is 2. The molecule has 2 aromatic carbocycles. The smallest absolute Gasteiger partial charge is 0.311 e. The van der Waals surface area contributed by atoms with Crippen LogP contribution in [0.25, 0.3) is 0 Å². The maximum absolute atomic E-state index is 10.7. The normalized spacial score (nSPS) is 10.8. The monoisotopic (exact) mass is 276 g/mol. The number of hydrogen-bond donors (Lipinski definition) is 1. The fraction of sp³-hybridized carbons (Fsp3) is 0. The molecule has 0 spiro atoms. The van der Waals surface area contributed by atoms with Gasteiger partial charge >= 0.3 is 5.69 Å². The van der Waals surface area contributed by atoms with Crippen molar-refractivity contribution in [3.05, 3.63) is 63.2 Å². The zero-order valence-corrected chi connectivity index (χ0v) is 10.4. The Morgan fingerprint density at radius 2 is 2.00 bits per heavy atom. The van der Waals surface area contributed by atoms with E-state index in [1.165, 1.54) is 24.4 Å². The van der Waals surface area contributed by atoms with Crippen LogP contribution in [0.15, 0.2) is 47.5 Å². The molecule has 19 heavy (non-hydrogen) atoms. The molecule has 6 heteroatoms. The number of benzene rings is 2. The number of hydrogen-bond acceptors (Lipinski definition) is 4. The molecule has 0 aliphatic heterocycles. The number of halogens is 1. The average Bonchev–Trinajstić information content (AvgIpc) is 2.37. The fourth-order valence-electron chi connectivity index (χ4n) is 1.50. The van der Waals surface area contributed by atoms with E-state index in [1.54, 1.807) is 24.3 Å². The maximum atomic E-state index is 10.7. The molecule has 5 nitrogen and oxygen atoms in total. The second-order valence-electron chi connectivity index (χ2n) is 3.71. The van der Waals surface area contributed by atoms with E-state index in [-0.39, 0.29) is 11.3 Å². The van der Waals surface area contributed by atoms with Gasteiger partial charge in [-0.2, -0.15) is 0 Å². The van der Waals surface area contributed by atoms with Crippen molar-refractivity contribution in [1.82, 2.24) is 0 Å². The number of nitro groups is 1. The Bertz CT molecular complexity index is 656. The number of para-hydroxylation sites is 1. The first-order chi connectivity index (χ1) is 9.08. The van der Waals surface area contributed by atoms with Gasteiger partial charge in [-0.25, -0.2) is 0 Å². The van der Waals surface area contributed by atoms with Gasteiger partial charge in [0.2, 0.25) is 5.75 Å². The molecular weight excluding hydrogens is 268 g/mol. The van der Waals surface area contributed by atoms with Crippen molar-refractivity contribution in [1.29, 1.82) is 0 Å². The molecule has 0 bridgehead atoms. The topological polar surface area (TPSA) is 75.7 Å². The van der Waals surface area contributed by atoms with E-state index in [4.69, 9.17) is 11.6 Å². The lowest BCUT2D eigenvalue weighted by Crippen LogP contribution is -1.91. The average molecular weight is 277 g/mol. The van der Waals surface area contributed by atoms with Crippen molar-refractivity contribution in [3.63, 3.8) is 0 Å². The van der Waals surface area contributed by atoms with E-state index in [9.17, 15) is 15.2 Å². The van der Waals surface area contributed by atoms with Gasteiger partial charge in [-0.3, -0.25) is 15.1 Å². The van der Waals surface area contributed by atoms with Crippen molar-refractivity contribution in [2.45, 2.75) is 0 Å². The summed E-state index contributed by atoms with van der Waals surface area (Å²) in [5.74, 6) is -0.404. The summed E-state index contributed by atoms with van der Waals surface area (Å²) in [6.45, 7) is 0. The summed E-state index contributed by atoms with van der Waals surface area (Å²) in [6.07, 6.45) is 1.36. The van der Waals surface area contributed by atoms with Crippen molar-refractivity contribution in [3.8, 4) is 5.75 Å². The van der Waals surface area contributed by atoms with E-state index < -0.39 is 10.7 Å². The Morgan fingerprint density at radius 3 is 2.68 bits per heavy atom. The number of aromatic hydroxyl groups is 1. The Kier molecular flexibility index (Phi) is 3.77. The summed E-state index contributed by atoms with van der Waals surface area (Å²) in [4.78, 5) is 14.1. The molecule has 0 aliphatic rings. The first-order valence-electron chi connectivity index (χ1n) is 5.34. The Balaban J connectivity index is 2.34. The predicted octanol–water partition coefficient (Wildman–Crippen LogP) is 3.70. The molecule has 2 rings (SSSR count).